The minimum Gasteiger partial charge on any atom is -0.369 e. The van der Waals surface area contributed by atoms with Crippen molar-refractivity contribution in [1.82, 2.24) is 15.0 Å². The summed E-state index contributed by atoms with van der Waals surface area (Å²) >= 11 is 0. The quantitative estimate of drug-likeness (QED) is 0.875. The summed E-state index contributed by atoms with van der Waals surface area (Å²) in [6, 6.07) is 3.95. The second-order valence-corrected chi connectivity index (χ2v) is 5.20. The Labute approximate surface area is 107 Å². The number of nitrogens with zero attached hydrogens (tertiary/aromatic N) is 3. The van der Waals surface area contributed by atoms with Crippen LogP contribution in [0.4, 0.5) is 5.82 Å². The Bertz CT molecular complexity index is 548. The molecule has 0 unspecified atom stereocenters. The molecule has 0 spiro atoms. The lowest BCUT2D eigenvalue weighted by Crippen LogP contribution is -2.15. The van der Waals surface area contributed by atoms with Crippen molar-refractivity contribution in [2.24, 2.45) is 5.41 Å². The standard InChI is InChI=1S/C14H18N4/c1-2-5-14(6-7-14)10-17-12-4-3-11-13(18-12)16-9-8-15-11/h3-4,8-9H,2,5-7,10H2,1H3,(H,16,17,18). The minimum absolute atomic E-state index is 0.535. The van der Waals surface area contributed by atoms with Crippen LogP contribution in [0.2, 0.25) is 0 Å². The third-order valence-electron chi connectivity index (χ3n) is 3.71. The van der Waals surface area contributed by atoms with Gasteiger partial charge in [-0.15, -0.1) is 0 Å². The summed E-state index contributed by atoms with van der Waals surface area (Å²) in [6.07, 6.45) is 8.64. The minimum atomic E-state index is 0.535. The van der Waals surface area contributed by atoms with E-state index in [1.54, 1.807) is 12.4 Å². The summed E-state index contributed by atoms with van der Waals surface area (Å²) in [5.41, 5.74) is 2.09. The molecule has 1 saturated carbocycles. The van der Waals surface area contributed by atoms with Gasteiger partial charge >= 0.3 is 0 Å². The Kier molecular flexibility index (Phi) is 2.86. The molecule has 0 amide bonds. The molecule has 94 valence electrons. The topological polar surface area (TPSA) is 50.7 Å². The molecule has 4 heteroatoms. The van der Waals surface area contributed by atoms with E-state index in [0.29, 0.717) is 11.1 Å². The molecule has 3 rings (SSSR count). The lowest BCUT2D eigenvalue weighted by molar-refractivity contribution is 0.485. The van der Waals surface area contributed by atoms with E-state index in [1.807, 2.05) is 12.1 Å². The SMILES string of the molecule is CCCC1(CNc2ccc3nccnc3n2)CC1. The molecule has 0 atom stereocenters. The van der Waals surface area contributed by atoms with Crippen LogP contribution in [0.15, 0.2) is 24.5 Å². The normalized spacial score (nSPS) is 16.7. The van der Waals surface area contributed by atoms with E-state index in [4.69, 9.17) is 0 Å². The summed E-state index contributed by atoms with van der Waals surface area (Å²) in [5.74, 6) is 0.908. The van der Waals surface area contributed by atoms with Crippen LogP contribution in [0.1, 0.15) is 32.6 Å². The van der Waals surface area contributed by atoms with Gasteiger partial charge in [0.15, 0.2) is 5.65 Å². The number of rotatable bonds is 5. The Morgan fingerprint density at radius 2 is 2.06 bits per heavy atom. The molecule has 1 N–H and O–H groups in total. The summed E-state index contributed by atoms with van der Waals surface area (Å²) in [7, 11) is 0. The number of hydrogen-bond donors (Lipinski definition) is 1. The van der Waals surface area contributed by atoms with Gasteiger partial charge in [-0.25, -0.2) is 9.97 Å². The van der Waals surface area contributed by atoms with Gasteiger partial charge in [-0.2, -0.15) is 0 Å². The molecule has 0 aromatic carbocycles. The van der Waals surface area contributed by atoms with E-state index in [-0.39, 0.29) is 0 Å². The molecule has 18 heavy (non-hydrogen) atoms. The van der Waals surface area contributed by atoms with Crippen molar-refractivity contribution in [2.75, 3.05) is 11.9 Å². The molecule has 2 heterocycles. The second kappa shape index (κ2) is 4.52. The summed E-state index contributed by atoms with van der Waals surface area (Å²) in [4.78, 5) is 12.9. The van der Waals surface area contributed by atoms with Gasteiger partial charge in [0.2, 0.25) is 0 Å². The fourth-order valence-electron chi connectivity index (χ4n) is 2.45. The van der Waals surface area contributed by atoms with Crippen LogP contribution in [-0.2, 0) is 0 Å². The first-order valence-electron chi connectivity index (χ1n) is 6.63. The molecule has 0 bridgehead atoms. The van der Waals surface area contributed by atoms with Crippen molar-refractivity contribution < 1.29 is 0 Å². The van der Waals surface area contributed by atoms with Crippen molar-refractivity contribution in [3.63, 3.8) is 0 Å². The van der Waals surface area contributed by atoms with Crippen LogP contribution < -0.4 is 5.32 Å². The van der Waals surface area contributed by atoms with Gasteiger partial charge < -0.3 is 5.32 Å². The molecular weight excluding hydrogens is 224 g/mol. The fourth-order valence-corrected chi connectivity index (χ4v) is 2.45. The lowest BCUT2D eigenvalue weighted by Gasteiger charge is -2.15. The fraction of sp³-hybridized carbons (Fsp3) is 0.500. The van der Waals surface area contributed by atoms with Crippen LogP contribution >= 0.6 is 0 Å². The molecule has 1 fully saturated rings. The Morgan fingerprint density at radius 1 is 1.22 bits per heavy atom. The maximum Gasteiger partial charge on any atom is 0.180 e. The van der Waals surface area contributed by atoms with Crippen LogP contribution in [0.25, 0.3) is 11.2 Å². The van der Waals surface area contributed by atoms with E-state index in [9.17, 15) is 0 Å². The van der Waals surface area contributed by atoms with E-state index in [2.05, 4.69) is 27.2 Å². The number of anilines is 1. The first kappa shape index (κ1) is 11.4. The molecule has 2 aromatic rings. The van der Waals surface area contributed by atoms with E-state index in [1.165, 1.54) is 25.7 Å². The predicted octanol–water partition coefficient (Wildman–Crippen LogP) is 3.02. The van der Waals surface area contributed by atoms with Crippen molar-refractivity contribution in [2.45, 2.75) is 32.6 Å². The maximum absolute atomic E-state index is 4.48. The molecular formula is C14H18N4. The average Bonchev–Trinajstić information content (AvgIpc) is 3.17. The van der Waals surface area contributed by atoms with Gasteiger partial charge in [0.1, 0.15) is 11.3 Å². The van der Waals surface area contributed by atoms with Crippen LogP contribution in [0, 0.1) is 5.41 Å². The zero-order chi connectivity index (χ0) is 12.4. The molecule has 0 saturated heterocycles. The Hall–Kier alpha value is -1.71. The van der Waals surface area contributed by atoms with E-state index >= 15 is 0 Å². The number of nitrogens with one attached hydrogen (secondary N) is 1. The lowest BCUT2D eigenvalue weighted by atomic mass is 10.0. The zero-order valence-electron chi connectivity index (χ0n) is 10.7. The largest absolute Gasteiger partial charge is 0.369 e. The molecule has 0 aliphatic heterocycles. The third-order valence-corrected chi connectivity index (χ3v) is 3.71. The second-order valence-electron chi connectivity index (χ2n) is 5.20. The van der Waals surface area contributed by atoms with Crippen molar-refractivity contribution >= 4 is 17.0 Å². The smallest absolute Gasteiger partial charge is 0.180 e. The van der Waals surface area contributed by atoms with Gasteiger partial charge in [0, 0.05) is 18.9 Å². The highest BCUT2D eigenvalue weighted by atomic mass is 15.0. The molecule has 2 aromatic heterocycles. The highest BCUT2D eigenvalue weighted by Gasteiger charge is 2.41. The number of pyridine rings is 1. The van der Waals surface area contributed by atoms with Crippen molar-refractivity contribution in [3.8, 4) is 0 Å². The summed E-state index contributed by atoms with van der Waals surface area (Å²) < 4.78 is 0. The zero-order valence-corrected chi connectivity index (χ0v) is 10.7. The van der Waals surface area contributed by atoms with Gasteiger partial charge in [0.05, 0.1) is 0 Å². The highest BCUT2D eigenvalue weighted by molar-refractivity contribution is 5.71. The molecule has 0 radical (unpaired) electrons. The predicted molar refractivity (Wildman–Crippen MR) is 72.4 cm³/mol. The van der Waals surface area contributed by atoms with Gasteiger partial charge in [-0.05, 0) is 36.8 Å². The number of hydrogen-bond acceptors (Lipinski definition) is 4. The van der Waals surface area contributed by atoms with Crippen LogP contribution in [0.5, 0.6) is 0 Å². The van der Waals surface area contributed by atoms with Gasteiger partial charge in [-0.3, -0.25) is 4.98 Å². The molecule has 1 aliphatic carbocycles. The average molecular weight is 242 g/mol. The summed E-state index contributed by atoms with van der Waals surface area (Å²) in [6.45, 7) is 3.28. The number of fused-ring (bicyclic) bond motifs is 1. The summed E-state index contributed by atoms with van der Waals surface area (Å²) in [5, 5.41) is 3.45. The Balaban J connectivity index is 1.71. The third kappa shape index (κ3) is 2.28. The first-order chi connectivity index (χ1) is 8.81. The van der Waals surface area contributed by atoms with Crippen molar-refractivity contribution in [3.05, 3.63) is 24.5 Å². The monoisotopic (exact) mass is 242 g/mol. The van der Waals surface area contributed by atoms with E-state index in [0.717, 1.165) is 17.9 Å². The van der Waals surface area contributed by atoms with Crippen molar-refractivity contribution in [1.29, 1.82) is 0 Å². The van der Waals surface area contributed by atoms with E-state index < -0.39 is 0 Å². The van der Waals surface area contributed by atoms with Crippen LogP contribution in [-0.4, -0.2) is 21.5 Å². The van der Waals surface area contributed by atoms with Crippen LogP contribution in [0.3, 0.4) is 0 Å². The molecule has 1 aliphatic rings. The Morgan fingerprint density at radius 3 is 2.83 bits per heavy atom. The van der Waals surface area contributed by atoms with Gasteiger partial charge in [0.25, 0.3) is 0 Å². The highest BCUT2D eigenvalue weighted by Crippen LogP contribution is 2.49. The number of aromatic nitrogens is 3. The molecule has 4 nitrogen and oxygen atoms in total. The maximum atomic E-state index is 4.48. The van der Waals surface area contributed by atoms with Gasteiger partial charge in [-0.1, -0.05) is 13.3 Å². The first-order valence-corrected chi connectivity index (χ1v) is 6.63.